The highest BCUT2D eigenvalue weighted by Gasteiger charge is 2.32. The molecular formula is C19H25N3O2. The Morgan fingerprint density at radius 2 is 1.75 bits per heavy atom. The molecule has 1 aliphatic carbocycles. The fourth-order valence-corrected chi connectivity index (χ4v) is 3.26. The molecule has 2 aliphatic heterocycles. The number of carbonyl (C=O) groups excluding carboxylic acids is 2. The second-order valence-corrected chi connectivity index (χ2v) is 6.72. The zero-order chi connectivity index (χ0) is 16.9. The van der Waals surface area contributed by atoms with E-state index >= 15 is 0 Å². The number of nitrogens with two attached hydrogens (primary N) is 1. The van der Waals surface area contributed by atoms with Gasteiger partial charge in [0.05, 0.1) is 6.04 Å². The summed E-state index contributed by atoms with van der Waals surface area (Å²) in [5, 5.41) is 6.04. The summed E-state index contributed by atoms with van der Waals surface area (Å²) in [6.45, 7) is 0. The molecule has 0 aromatic heterocycles. The molecule has 3 aliphatic rings. The lowest BCUT2D eigenvalue weighted by atomic mass is 9.86. The largest absolute Gasteiger partial charge is 0.352 e. The highest BCUT2D eigenvalue weighted by molar-refractivity contribution is 5.96. The van der Waals surface area contributed by atoms with Crippen LogP contribution >= 0.6 is 0 Å². The van der Waals surface area contributed by atoms with E-state index in [-0.39, 0.29) is 23.9 Å². The Bertz CT molecular complexity index is 635. The molecule has 2 amide bonds. The van der Waals surface area contributed by atoms with E-state index in [1.54, 1.807) is 0 Å². The summed E-state index contributed by atoms with van der Waals surface area (Å²) in [4.78, 5) is 24.5. The van der Waals surface area contributed by atoms with Crippen LogP contribution in [0, 0.1) is 0 Å². The minimum atomic E-state index is -0.444. The van der Waals surface area contributed by atoms with Crippen LogP contribution in [0.1, 0.15) is 48.0 Å². The summed E-state index contributed by atoms with van der Waals surface area (Å²) in [6.07, 6.45) is 8.94. The molecule has 0 saturated heterocycles. The van der Waals surface area contributed by atoms with Crippen LogP contribution < -0.4 is 16.4 Å². The number of allylic oxidation sites excluding steroid dienone is 2. The molecule has 0 spiro atoms. The van der Waals surface area contributed by atoms with Gasteiger partial charge in [-0.25, -0.2) is 0 Å². The van der Waals surface area contributed by atoms with Gasteiger partial charge in [0.25, 0.3) is 5.91 Å². The average Bonchev–Trinajstić information content (AvgIpc) is 2.55. The third-order valence-corrected chi connectivity index (χ3v) is 4.81. The van der Waals surface area contributed by atoms with Crippen molar-refractivity contribution in [3.63, 3.8) is 0 Å². The molecule has 1 aromatic carbocycles. The Morgan fingerprint density at radius 3 is 2.58 bits per heavy atom. The molecule has 2 bridgehead atoms. The third kappa shape index (κ3) is 4.03. The second-order valence-electron chi connectivity index (χ2n) is 6.72. The van der Waals surface area contributed by atoms with Gasteiger partial charge in [-0.05, 0) is 50.2 Å². The van der Waals surface area contributed by atoms with E-state index in [0.717, 1.165) is 43.2 Å². The molecule has 1 saturated carbocycles. The van der Waals surface area contributed by atoms with Crippen molar-refractivity contribution in [3.05, 3.63) is 47.5 Å². The van der Waals surface area contributed by atoms with Crippen LogP contribution in [-0.2, 0) is 11.2 Å². The molecular weight excluding hydrogens is 302 g/mol. The molecule has 1 unspecified atom stereocenters. The maximum atomic E-state index is 12.5. The van der Waals surface area contributed by atoms with E-state index in [0.29, 0.717) is 6.42 Å². The molecule has 1 fully saturated rings. The van der Waals surface area contributed by atoms with Gasteiger partial charge in [-0.15, -0.1) is 0 Å². The van der Waals surface area contributed by atoms with Gasteiger partial charge < -0.3 is 16.4 Å². The van der Waals surface area contributed by atoms with Crippen LogP contribution in [0.15, 0.2) is 36.4 Å². The first-order chi connectivity index (χ1) is 11.6. The van der Waals surface area contributed by atoms with Crippen LogP contribution in [0.25, 0.3) is 0 Å². The van der Waals surface area contributed by atoms with Crippen molar-refractivity contribution >= 4 is 11.8 Å². The summed E-state index contributed by atoms with van der Waals surface area (Å²) < 4.78 is 0. The molecule has 1 atom stereocenters. The number of carbonyl (C=O) groups is 2. The summed E-state index contributed by atoms with van der Waals surface area (Å²) in [5.41, 5.74) is 7.72. The fourth-order valence-electron chi connectivity index (χ4n) is 3.26. The molecule has 5 heteroatoms. The quantitative estimate of drug-likeness (QED) is 0.634. The molecule has 1 aromatic rings. The molecule has 0 radical (unpaired) electrons. The van der Waals surface area contributed by atoms with E-state index < -0.39 is 6.04 Å². The summed E-state index contributed by atoms with van der Waals surface area (Å²) >= 11 is 0. The monoisotopic (exact) mass is 327 g/mol. The summed E-state index contributed by atoms with van der Waals surface area (Å²) in [5.74, 6) is -0.108. The fraction of sp³-hybridized carbons (Fsp3) is 0.474. The van der Waals surface area contributed by atoms with E-state index in [1.165, 1.54) is 0 Å². The van der Waals surface area contributed by atoms with Gasteiger partial charge in [-0.3, -0.25) is 9.59 Å². The van der Waals surface area contributed by atoms with Crippen molar-refractivity contribution in [2.75, 3.05) is 0 Å². The average molecular weight is 327 g/mol. The van der Waals surface area contributed by atoms with Gasteiger partial charge in [-0.2, -0.15) is 0 Å². The van der Waals surface area contributed by atoms with Crippen LogP contribution in [-0.4, -0.2) is 29.9 Å². The summed E-state index contributed by atoms with van der Waals surface area (Å²) in [6, 6.07) is 7.53. The number of amides is 2. The van der Waals surface area contributed by atoms with Crippen LogP contribution in [0.2, 0.25) is 0 Å². The molecule has 2 heterocycles. The predicted octanol–water partition coefficient (Wildman–Crippen LogP) is 1.67. The second kappa shape index (κ2) is 7.62. The molecule has 4 rings (SSSR count). The molecule has 5 nitrogen and oxygen atoms in total. The number of hydrogen-bond acceptors (Lipinski definition) is 3. The molecule has 24 heavy (non-hydrogen) atoms. The number of benzene rings is 1. The van der Waals surface area contributed by atoms with E-state index in [9.17, 15) is 9.59 Å². The lowest BCUT2D eigenvalue weighted by molar-refractivity contribution is -0.123. The Hall–Kier alpha value is -2.14. The van der Waals surface area contributed by atoms with Gasteiger partial charge in [0.1, 0.15) is 0 Å². The number of rotatable bonds is 0. The van der Waals surface area contributed by atoms with Gasteiger partial charge in [0, 0.05) is 17.6 Å². The van der Waals surface area contributed by atoms with Crippen LogP contribution in [0.5, 0.6) is 0 Å². The highest BCUT2D eigenvalue weighted by atomic mass is 16.2. The molecule has 128 valence electrons. The minimum absolute atomic E-state index is 0.0300. The number of hydrogen-bond donors (Lipinski definition) is 3. The van der Waals surface area contributed by atoms with Gasteiger partial charge in [0.15, 0.2) is 0 Å². The first kappa shape index (κ1) is 16.7. The Labute approximate surface area is 142 Å². The Balaban J connectivity index is 1.73. The van der Waals surface area contributed by atoms with Crippen molar-refractivity contribution in [1.29, 1.82) is 0 Å². The lowest BCUT2D eigenvalue weighted by Gasteiger charge is -2.37. The smallest absolute Gasteiger partial charge is 0.251 e. The zero-order valence-electron chi connectivity index (χ0n) is 13.8. The van der Waals surface area contributed by atoms with Crippen LogP contribution in [0.4, 0.5) is 0 Å². The maximum absolute atomic E-state index is 12.5. The van der Waals surface area contributed by atoms with E-state index in [1.807, 2.05) is 24.3 Å². The minimum Gasteiger partial charge on any atom is -0.352 e. The van der Waals surface area contributed by atoms with Crippen molar-refractivity contribution < 1.29 is 9.59 Å². The normalized spacial score (nSPS) is 29.6. The Kier molecular flexibility index (Phi) is 5.30. The van der Waals surface area contributed by atoms with E-state index in [4.69, 9.17) is 5.73 Å². The number of fused-ring (bicyclic) bond motifs is 8. The lowest BCUT2D eigenvalue weighted by Crippen LogP contribution is -2.56. The first-order valence-electron chi connectivity index (χ1n) is 8.73. The maximum Gasteiger partial charge on any atom is 0.251 e. The van der Waals surface area contributed by atoms with Gasteiger partial charge in [-0.1, -0.05) is 30.4 Å². The third-order valence-electron chi connectivity index (χ3n) is 4.81. The van der Waals surface area contributed by atoms with Gasteiger partial charge in [0.2, 0.25) is 5.91 Å². The Morgan fingerprint density at radius 1 is 1.00 bits per heavy atom. The molecule has 4 N–H and O–H groups in total. The van der Waals surface area contributed by atoms with Crippen molar-refractivity contribution in [1.82, 2.24) is 10.6 Å². The number of nitrogens with one attached hydrogen (secondary N) is 2. The predicted molar refractivity (Wildman–Crippen MR) is 93.5 cm³/mol. The van der Waals surface area contributed by atoms with Crippen LogP contribution in [0.3, 0.4) is 0 Å². The zero-order valence-corrected chi connectivity index (χ0v) is 13.8. The van der Waals surface area contributed by atoms with Crippen molar-refractivity contribution in [3.8, 4) is 0 Å². The van der Waals surface area contributed by atoms with Crippen molar-refractivity contribution in [2.24, 2.45) is 5.73 Å². The van der Waals surface area contributed by atoms with Gasteiger partial charge >= 0.3 is 0 Å². The highest BCUT2D eigenvalue weighted by Crippen LogP contribution is 2.21. The first-order valence-corrected chi connectivity index (χ1v) is 8.73. The van der Waals surface area contributed by atoms with Crippen molar-refractivity contribution in [2.45, 2.75) is 56.7 Å². The van der Waals surface area contributed by atoms with E-state index in [2.05, 4.69) is 22.8 Å². The topological polar surface area (TPSA) is 84.2 Å². The summed E-state index contributed by atoms with van der Waals surface area (Å²) in [7, 11) is 0. The SMILES string of the molecule is NC1CCC/C=C\Cc2ccccc2C(=O)NC2CC(C2)NC1=O. The standard InChI is InChI=1S/C19H25N3O2/c20-17-10-4-2-1-3-7-13-8-5-6-9-16(13)18(23)21-14-11-15(12-14)22-19(17)24/h1,3,5-6,8-9,14-15,17H,2,4,7,10-12,20H2,(H,21,23)(H,22,24)/b3-1-.